The van der Waals surface area contributed by atoms with Gasteiger partial charge in [0.1, 0.15) is 0 Å². The summed E-state index contributed by atoms with van der Waals surface area (Å²) in [6.45, 7) is 5.45. The van der Waals surface area contributed by atoms with Crippen molar-refractivity contribution in [3.63, 3.8) is 0 Å². The van der Waals surface area contributed by atoms with E-state index in [4.69, 9.17) is 0 Å². The number of aryl methyl sites for hydroxylation is 1. The highest BCUT2D eigenvalue weighted by Gasteiger charge is 2.12. The summed E-state index contributed by atoms with van der Waals surface area (Å²) in [5, 5.41) is 6.87. The van der Waals surface area contributed by atoms with Gasteiger partial charge in [-0.05, 0) is 50.9 Å². The van der Waals surface area contributed by atoms with Gasteiger partial charge in [0, 0.05) is 24.1 Å². The molecule has 2 N–H and O–H groups in total. The molecular formula is C12H19N3. The minimum Gasteiger partial charge on any atom is -0.385 e. The minimum absolute atomic E-state index is 0.819. The number of hydrogen-bond acceptors (Lipinski definition) is 3. The minimum atomic E-state index is 0.819. The van der Waals surface area contributed by atoms with Crippen molar-refractivity contribution in [2.75, 3.05) is 25.0 Å². The summed E-state index contributed by atoms with van der Waals surface area (Å²) in [5.41, 5.74) is 2.27. The van der Waals surface area contributed by atoms with E-state index in [1.807, 2.05) is 19.2 Å². The van der Waals surface area contributed by atoms with Crippen molar-refractivity contribution in [3.8, 4) is 0 Å². The van der Waals surface area contributed by atoms with Crippen LogP contribution in [0.1, 0.15) is 18.5 Å². The maximum absolute atomic E-state index is 4.18. The van der Waals surface area contributed by atoms with E-state index in [9.17, 15) is 0 Å². The predicted octanol–water partition coefficient (Wildman–Crippen LogP) is 1.80. The first-order chi connectivity index (χ1) is 7.34. The van der Waals surface area contributed by atoms with Crippen LogP contribution in [0.4, 0.5) is 5.69 Å². The highest BCUT2D eigenvalue weighted by Crippen LogP contribution is 2.14. The quantitative estimate of drug-likeness (QED) is 0.790. The molecule has 1 aliphatic rings. The fourth-order valence-electron chi connectivity index (χ4n) is 2.00. The summed E-state index contributed by atoms with van der Waals surface area (Å²) in [6, 6.07) is 4.13. The first kappa shape index (κ1) is 10.4. The van der Waals surface area contributed by atoms with E-state index in [-0.39, 0.29) is 0 Å². The monoisotopic (exact) mass is 205 g/mol. The molecule has 0 amide bonds. The SMILES string of the molecule is Cc1cc(NCC2CCNCC2)ccn1. The number of hydrogen-bond donors (Lipinski definition) is 2. The molecule has 1 aromatic heterocycles. The summed E-state index contributed by atoms with van der Waals surface area (Å²) in [7, 11) is 0. The fraction of sp³-hybridized carbons (Fsp3) is 0.583. The molecule has 1 fully saturated rings. The Hall–Kier alpha value is -1.09. The highest BCUT2D eigenvalue weighted by molar-refractivity contribution is 5.42. The van der Waals surface area contributed by atoms with Crippen molar-refractivity contribution in [1.82, 2.24) is 10.3 Å². The van der Waals surface area contributed by atoms with Crippen molar-refractivity contribution in [2.45, 2.75) is 19.8 Å². The van der Waals surface area contributed by atoms with Crippen molar-refractivity contribution < 1.29 is 0 Å². The molecule has 15 heavy (non-hydrogen) atoms. The van der Waals surface area contributed by atoms with Gasteiger partial charge in [0.2, 0.25) is 0 Å². The number of rotatable bonds is 3. The number of piperidine rings is 1. The van der Waals surface area contributed by atoms with E-state index >= 15 is 0 Å². The van der Waals surface area contributed by atoms with Crippen molar-refractivity contribution in [1.29, 1.82) is 0 Å². The molecule has 0 saturated carbocycles. The first-order valence-electron chi connectivity index (χ1n) is 5.72. The molecule has 0 atom stereocenters. The second kappa shape index (κ2) is 5.12. The molecule has 0 spiro atoms. The number of anilines is 1. The average molecular weight is 205 g/mol. The van der Waals surface area contributed by atoms with Crippen LogP contribution >= 0.6 is 0 Å². The smallest absolute Gasteiger partial charge is 0.0393 e. The highest BCUT2D eigenvalue weighted by atomic mass is 14.9. The Kier molecular flexibility index (Phi) is 3.56. The largest absolute Gasteiger partial charge is 0.385 e. The van der Waals surface area contributed by atoms with Gasteiger partial charge in [-0.15, -0.1) is 0 Å². The lowest BCUT2D eigenvalue weighted by atomic mass is 9.98. The Morgan fingerprint density at radius 2 is 2.27 bits per heavy atom. The van der Waals surface area contributed by atoms with E-state index in [1.54, 1.807) is 0 Å². The number of nitrogens with one attached hydrogen (secondary N) is 2. The van der Waals surface area contributed by atoms with Gasteiger partial charge in [0.25, 0.3) is 0 Å². The molecule has 3 nitrogen and oxygen atoms in total. The maximum Gasteiger partial charge on any atom is 0.0393 e. The standard InChI is InChI=1S/C12H19N3/c1-10-8-12(4-7-14-10)15-9-11-2-5-13-6-3-11/h4,7-8,11,13H,2-3,5-6,9H2,1H3,(H,14,15). The van der Waals surface area contributed by atoms with E-state index in [1.165, 1.54) is 31.6 Å². The van der Waals surface area contributed by atoms with Gasteiger partial charge < -0.3 is 10.6 Å². The molecule has 0 radical (unpaired) electrons. The third-order valence-corrected chi connectivity index (χ3v) is 2.95. The van der Waals surface area contributed by atoms with E-state index in [2.05, 4.69) is 21.7 Å². The summed E-state index contributed by atoms with van der Waals surface area (Å²) in [4.78, 5) is 4.18. The Balaban J connectivity index is 1.81. The zero-order valence-corrected chi connectivity index (χ0v) is 9.29. The topological polar surface area (TPSA) is 37.0 Å². The van der Waals surface area contributed by atoms with Gasteiger partial charge in [0.05, 0.1) is 0 Å². The van der Waals surface area contributed by atoms with Crippen LogP contribution < -0.4 is 10.6 Å². The second-order valence-electron chi connectivity index (χ2n) is 4.26. The van der Waals surface area contributed by atoms with Crippen molar-refractivity contribution in [3.05, 3.63) is 24.0 Å². The molecular weight excluding hydrogens is 186 g/mol. The van der Waals surface area contributed by atoms with Crippen LogP contribution in [0.25, 0.3) is 0 Å². The van der Waals surface area contributed by atoms with E-state index < -0.39 is 0 Å². The fourth-order valence-corrected chi connectivity index (χ4v) is 2.00. The molecule has 1 aliphatic heterocycles. The Morgan fingerprint density at radius 3 is 3.00 bits per heavy atom. The zero-order valence-electron chi connectivity index (χ0n) is 9.29. The Bertz CT molecular complexity index is 305. The van der Waals surface area contributed by atoms with Gasteiger partial charge in [-0.2, -0.15) is 0 Å². The molecule has 1 aromatic rings. The lowest BCUT2D eigenvalue weighted by molar-refractivity contribution is 0.390. The van der Waals surface area contributed by atoms with Gasteiger partial charge in [-0.1, -0.05) is 0 Å². The first-order valence-corrected chi connectivity index (χ1v) is 5.72. The molecule has 2 heterocycles. The van der Waals surface area contributed by atoms with Crippen LogP contribution in [0.15, 0.2) is 18.3 Å². The van der Waals surface area contributed by atoms with E-state index in [0.717, 1.165) is 18.2 Å². The normalized spacial score (nSPS) is 17.7. The van der Waals surface area contributed by atoms with Crippen molar-refractivity contribution in [2.24, 2.45) is 5.92 Å². The maximum atomic E-state index is 4.18. The lowest BCUT2D eigenvalue weighted by Gasteiger charge is -2.23. The Morgan fingerprint density at radius 1 is 1.47 bits per heavy atom. The molecule has 1 saturated heterocycles. The van der Waals surface area contributed by atoms with Crippen LogP contribution in [0.5, 0.6) is 0 Å². The molecule has 3 heteroatoms. The number of aromatic nitrogens is 1. The molecule has 0 unspecified atom stereocenters. The molecule has 0 bridgehead atoms. The molecule has 0 aliphatic carbocycles. The predicted molar refractivity (Wildman–Crippen MR) is 63.1 cm³/mol. The number of pyridine rings is 1. The lowest BCUT2D eigenvalue weighted by Crippen LogP contribution is -2.31. The Labute approximate surface area is 91.3 Å². The second-order valence-corrected chi connectivity index (χ2v) is 4.26. The summed E-state index contributed by atoms with van der Waals surface area (Å²) in [6.07, 6.45) is 4.44. The molecule has 2 rings (SSSR count). The average Bonchev–Trinajstić information content (AvgIpc) is 2.28. The van der Waals surface area contributed by atoms with Crippen LogP contribution in [0, 0.1) is 12.8 Å². The summed E-state index contributed by atoms with van der Waals surface area (Å²) >= 11 is 0. The summed E-state index contributed by atoms with van der Waals surface area (Å²) < 4.78 is 0. The van der Waals surface area contributed by atoms with Crippen LogP contribution in [-0.2, 0) is 0 Å². The van der Waals surface area contributed by atoms with E-state index in [0.29, 0.717) is 0 Å². The van der Waals surface area contributed by atoms with Gasteiger partial charge >= 0.3 is 0 Å². The van der Waals surface area contributed by atoms with Crippen molar-refractivity contribution >= 4 is 5.69 Å². The van der Waals surface area contributed by atoms with Crippen LogP contribution in [0.2, 0.25) is 0 Å². The molecule has 0 aromatic carbocycles. The summed E-state index contributed by atoms with van der Waals surface area (Å²) in [5.74, 6) is 0.819. The third kappa shape index (κ3) is 3.20. The van der Waals surface area contributed by atoms with Gasteiger partial charge in [-0.3, -0.25) is 4.98 Å². The molecule has 82 valence electrons. The zero-order chi connectivity index (χ0) is 10.5. The van der Waals surface area contributed by atoms with Gasteiger partial charge in [0.15, 0.2) is 0 Å². The van der Waals surface area contributed by atoms with Crippen LogP contribution in [0.3, 0.4) is 0 Å². The van der Waals surface area contributed by atoms with Crippen LogP contribution in [-0.4, -0.2) is 24.6 Å². The third-order valence-electron chi connectivity index (χ3n) is 2.95. The van der Waals surface area contributed by atoms with Gasteiger partial charge in [-0.25, -0.2) is 0 Å². The number of nitrogens with zero attached hydrogens (tertiary/aromatic N) is 1.